The Balaban J connectivity index is 1.10. The zero-order valence-electron chi connectivity index (χ0n) is 32.1. The summed E-state index contributed by atoms with van der Waals surface area (Å²) >= 11 is 0. The van der Waals surface area contributed by atoms with Gasteiger partial charge in [-0.1, -0.05) is 176 Å². The van der Waals surface area contributed by atoms with Gasteiger partial charge in [0.05, 0.1) is 0 Å². The highest BCUT2D eigenvalue weighted by atomic mass is 16.3. The molecule has 1 heterocycles. The largest absolute Gasteiger partial charge is 0.456 e. The molecule has 0 saturated heterocycles. The first-order valence-corrected chi connectivity index (χ1v) is 20.0. The average molecular weight is 742 g/mol. The second-order valence-electron chi connectivity index (χ2n) is 15.4. The lowest BCUT2D eigenvalue weighted by Gasteiger charge is -2.31. The van der Waals surface area contributed by atoms with Crippen LogP contribution < -0.4 is 4.90 Å². The molecule has 11 rings (SSSR count). The fourth-order valence-electron chi connectivity index (χ4n) is 9.22. The second kappa shape index (κ2) is 13.7. The smallest absolute Gasteiger partial charge is 0.140 e. The summed E-state index contributed by atoms with van der Waals surface area (Å²) in [5, 5.41) is 2.21. The predicted molar refractivity (Wildman–Crippen MR) is 242 cm³/mol. The van der Waals surface area contributed by atoms with Gasteiger partial charge in [-0.2, -0.15) is 0 Å². The van der Waals surface area contributed by atoms with Crippen molar-refractivity contribution in [3.63, 3.8) is 0 Å². The third-order valence-electron chi connectivity index (χ3n) is 12.2. The van der Waals surface area contributed by atoms with Crippen molar-refractivity contribution in [2.24, 2.45) is 0 Å². The number of fused-ring (bicyclic) bond motifs is 6. The van der Waals surface area contributed by atoms with Crippen LogP contribution in [-0.4, -0.2) is 0 Å². The van der Waals surface area contributed by atoms with Gasteiger partial charge in [0.1, 0.15) is 11.2 Å². The van der Waals surface area contributed by atoms with Crippen LogP contribution in [0.3, 0.4) is 0 Å². The molecule has 0 fully saturated rings. The predicted octanol–water partition coefficient (Wildman–Crippen LogP) is 15.4. The highest BCUT2D eigenvalue weighted by Gasteiger charge is 2.43. The maximum atomic E-state index is 6.88. The Hall–Kier alpha value is -7.42. The van der Waals surface area contributed by atoms with Crippen molar-refractivity contribution in [3.8, 4) is 44.5 Å². The number of benzene rings is 9. The van der Waals surface area contributed by atoms with Crippen molar-refractivity contribution in [1.29, 1.82) is 0 Å². The number of anilines is 3. The van der Waals surface area contributed by atoms with Gasteiger partial charge in [-0.15, -0.1) is 0 Å². The van der Waals surface area contributed by atoms with E-state index in [-0.39, 0.29) is 0 Å². The van der Waals surface area contributed by atoms with Gasteiger partial charge in [-0.25, -0.2) is 0 Å². The molecule has 2 nitrogen and oxygen atoms in total. The molecule has 2 heteroatoms. The molecule has 1 aromatic heterocycles. The summed E-state index contributed by atoms with van der Waals surface area (Å²) < 4.78 is 6.88. The molecule has 0 amide bonds. The number of para-hydroxylation sites is 1. The molecule has 9 aromatic carbocycles. The van der Waals surface area contributed by atoms with Gasteiger partial charge in [-0.05, 0) is 105 Å². The molecule has 0 bridgehead atoms. The van der Waals surface area contributed by atoms with Crippen molar-refractivity contribution in [3.05, 3.63) is 235 Å². The summed E-state index contributed by atoms with van der Waals surface area (Å²) in [4.78, 5) is 2.40. The molecule has 0 atom stereocenters. The standard InChI is InChI=1S/C56H39NO/c1-56(51-21-11-8-18-47(51)48-19-9-12-22-52(48)56)53-37-46(36-50-49-20-10-13-23-54(49)58-55(50)53)57(44-32-28-42(29-33-44)39-16-6-3-7-17-39)45-34-30-43(31-35-45)41-26-24-40(25-27-41)38-14-4-2-5-15-38/h2-37H,1H3. The Morgan fingerprint density at radius 1 is 0.345 bits per heavy atom. The lowest BCUT2D eigenvalue weighted by Crippen LogP contribution is -2.23. The average Bonchev–Trinajstić information content (AvgIpc) is 3.80. The molecule has 0 radical (unpaired) electrons. The van der Waals surface area contributed by atoms with E-state index in [0.717, 1.165) is 44.6 Å². The normalized spacial score (nSPS) is 12.7. The second-order valence-corrected chi connectivity index (χ2v) is 15.4. The number of hydrogen-bond acceptors (Lipinski definition) is 2. The summed E-state index contributed by atoms with van der Waals surface area (Å²) in [5.41, 5.74) is 18.0. The molecule has 0 saturated carbocycles. The van der Waals surface area contributed by atoms with Gasteiger partial charge in [0, 0.05) is 38.8 Å². The van der Waals surface area contributed by atoms with Gasteiger partial charge < -0.3 is 9.32 Å². The van der Waals surface area contributed by atoms with Crippen LogP contribution in [-0.2, 0) is 5.41 Å². The minimum atomic E-state index is -0.464. The quantitative estimate of drug-likeness (QED) is 0.162. The van der Waals surface area contributed by atoms with E-state index in [4.69, 9.17) is 4.42 Å². The van der Waals surface area contributed by atoms with E-state index in [1.165, 1.54) is 55.6 Å². The molecule has 58 heavy (non-hydrogen) atoms. The summed E-state index contributed by atoms with van der Waals surface area (Å²) in [6.07, 6.45) is 0. The van der Waals surface area contributed by atoms with E-state index in [0.29, 0.717) is 0 Å². The Morgan fingerprint density at radius 3 is 1.28 bits per heavy atom. The maximum Gasteiger partial charge on any atom is 0.140 e. The van der Waals surface area contributed by atoms with Crippen molar-refractivity contribution < 1.29 is 4.42 Å². The van der Waals surface area contributed by atoms with E-state index in [1.54, 1.807) is 0 Å². The first kappa shape index (κ1) is 33.9. The van der Waals surface area contributed by atoms with Crippen LogP contribution in [0.25, 0.3) is 66.4 Å². The number of rotatable bonds is 7. The van der Waals surface area contributed by atoms with Crippen molar-refractivity contribution in [1.82, 2.24) is 0 Å². The van der Waals surface area contributed by atoms with Crippen LogP contribution in [0.4, 0.5) is 17.1 Å². The minimum Gasteiger partial charge on any atom is -0.456 e. The summed E-state index contributed by atoms with van der Waals surface area (Å²) in [7, 11) is 0. The van der Waals surface area contributed by atoms with Crippen molar-refractivity contribution >= 4 is 39.0 Å². The summed E-state index contributed by atoms with van der Waals surface area (Å²) in [6, 6.07) is 78.9. The molecule has 1 aliphatic rings. The summed E-state index contributed by atoms with van der Waals surface area (Å²) in [6.45, 7) is 2.38. The van der Waals surface area contributed by atoms with E-state index in [2.05, 4.69) is 230 Å². The first-order chi connectivity index (χ1) is 28.6. The van der Waals surface area contributed by atoms with Gasteiger partial charge in [0.2, 0.25) is 0 Å². The van der Waals surface area contributed by atoms with E-state index < -0.39 is 5.41 Å². The molecule has 0 N–H and O–H groups in total. The highest BCUT2D eigenvalue weighted by Crippen LogP contribution is 2.55. The van der Waals surface area contributed by atoms with E-state index in [1.807, 2.05) is 0 Å². The molecule has 0 unspecified atom stereocenters. The zero-order valence-corrected chi connectivity index (χ0v) is 32.1. The van der Waals surface area contributed by atoms with Gasteiger partial charge in [-0.3, -0.25) is 0 Å². The fraction of sp³-hybridized carbons (Fsp3) is 0.0357. The lowest BCUT2D eigenvalue weighted by molar-refractivity contribution is 0.638. The zero-order chi connectivity index (χ0) is 38.6. The molecule has 1 aliphatic carbocycles. The third-order valence-corrected chi connectivity index (χ3v) is 12.2. The van der Waals surface area contributed by atoms with Crippen molar-refractivity contribution in [2.75, 3.05) is 4.90 Å². The Kier molecular flexibility index (Phi) is 7.97. The number of nitrogens with zero attached hydrogens (tertiary/aromatic N) is 1. The minimum absolute atomic E-state index is 0.464. The number of hydrogen-bond donors (Lipinski definition) is 0. The fourth-order valence-corrected chi connectivity index (χ4v) is 9.22. The van der Waals surface area contributed by atoms with E-state index >= 15 is 0 Å². The molecular formula is C56H39NO. The number of furan rings is 1. The van der Waals surface area contributed by atoms with E-state index in [9.17, 15) is 0 Å². The molecule has 0 spiro atoms. The van der Waals surface area contributed by atoms with Crippen LogP contribution in [0.5, 0.6) is 0 Å². The Bertz CT molecular complexity index is 3040. The first-order valence-electron chi connectivity index (χ1n) is 20.0. The molecule has 274 valence electrons. The maximum absolute atomic E-state index is 6.88. The topological polar surface area (TPSA) is 16.4 Å². The van der Waals surface area contributed by atoms with Crippen LogP contribution in [0.1, 0.15) is 23.6 Å². The SMILES string of the molecule is CC1(c2cc(N(c3ccc(-c4ccccc4)cc3)c3ccc(-c4ccc(-c5ccccc5)cc4)cc3)cc3c2oc2ccccc23)c2ccccc2-c2ccccc21. The van der Waals surface area contributed by atoms with Crippen LogP contribution in [0, 0.1) is 0 Å². The molecular weight excluding hydrogens is 703 g/mol. The van der Waals surface area contributed by atoms with Gasteiger partial charge in [0.15, 0.2) is 0 Å². The monoisotopic (exact) mass is 741 g/mol. The summed E-state index contributed by atoms with van der Waals surface area (Å²) in [5.74, 6) is 0. The third kappa shape index (κ3) is 5.49. The van der Waals surface area contributed by atoms with Crippen LogP contribution in [0.15, 0.2) is 223 Å². The van der Waals surface area contributed by atoms with Crippen LogP contribution >= 0.6 is 0 Å². The molecule has 10 aromatic rings. The molecule has 0 aliphatic heterocycles. The Labute approximate surface area is 338 Å². The van der Waals surface area contributed by atoms with Gasteiger partial charge >= 0.3 is 0 Å². The highest BCUT2D eigenvalue weighted by molar-refractivity contribution is 6.09. The van der Waals surface area contributed by atoms with Crippen LogP contribution in [0.2, 0.25) is 0 Å². The lowest BCUT2D eigenvalue weighted by atomic mass is 9.73. The van der Waals surface area contributed by atoms with Crippen molar-refractivity contribution in [2.45, 2.75) is 12.3 Å². The Morgan fingerprint density at radius 2 is 0.759 bits per heavy atom. The van der Waals surface area contributed by atoms with Gasteiger partial charge in [0.25, 0.3) is 0 Å².